The van der Waals surface area contributed by atoms with E-state index >= 15 is 0 Å². The van der Waals surface area contributed by atoms with Crippen molar-refractivity contribution in [2.24, 2.45) is 0 Å². The lowest BCUT2D eigenvalue weighted by atomic mass is 9.99. The van der Waals surface area contributed by atoms with Crippen molar-refractivity contribution in [3.63, 3.8) is 0 Å². The van der Waals surface area contributed by atoms with E-state index in [0.29, 0.717) is 26.7 Å². The van der Waals surface area contributed by atoms with E-state index in [1.165, 1.54) is 12.1 Å². The van der Waals surface area contributed by atoms with Gasteiger partial charge < -0.3 is 0 Å². The summed E-state index contributed by atoms with van der Waals surface area (Å²) in [6, 6.07) is 22.6. The molecule has 0 saturated heterocycles. The van der Waals surface area contributed by atoms with Crippen LogP contribution < -0.4 is 5.56 Å². The number of aryl methyl sites for hydroxylation is 1. The monoisotopic (exact) mass is 433 g/mol. The van der Waals surface area contributed by atoms with Gasteiger partial charge in [0, 0.05) is 21.2 Å². The van der Waals surface area contributed by atoms with Crippen molar-refractivity contribution >= 4 is 54.1 Å². The van der Waals surface area contributed by atoms with Gasteiger partial charge in [-0.3, -0.25) is 4.79 Å². The second-order valence-electron chi connectivity index (χ2n) is 7.26. The molecule has 5 aromatic rings. The second kappa shape index (κ2) is 6.69. The van der Waals surface area contributed by atoms with E-state index in [0.717, 1.165) is 20.3 Å². The first-order valence-corrected chi connectivity index (χ1v) is 11.2. The number of benzene rings is 4. The zero-order valence-corrected chi connectivity index (χ0v) is 17.5. The quantitative estimate of drug-likeness (QED) is 0.345. The average molecular weight is 434 g/mol. The van der Waals surface area contributed by atoms with Gasteiger partial charge in [-0.2, -0.15) is 3.97 Å². The standard InChI is InChI=1S/C24H16ClNO3S/c1-15-6-10-18(11-7-15)30(28,29)26-22-13-9-17(25)14-21(22)23-19-5-3-2-4-16(19)8-12-20(23)24(26)27/h2-14H,1H3. The number of nitrogens with zero attached hydrogens (tertiary/aromatic N) is 1. The summed E-state index contributed by atoms with van der Waals surface area (Å²) in [5.41, 5.74) is 0.655. The Morgan fingerprint density at radius 1 is 0.800 bits per heavy atom. The van der Waals surface area contributed by atoms with Gasteiger partial charge in [0.05, 0.1) is 10.4 Å². The summed E-state index contributed by atoms with van der Waals surface area (Å²) in [5, 5.41) is 3.95. The minimum atomic E-state index is -4.11. The average Bonchev–Trinajstić information content (AvgIpc) is 2.74. The smallest absolute Gasteiger partial charge is 0.268 e. The van der Waals surface area contributed by atoms with Crippen LogP contribution in [0.4, 0.5) is 0 Å². The van der Waals surface area contributed by atoms with Gasteiger partial charge in [0.2, 0.25) is 0 Å². The van der Waals surface area contributed by atoms with Crippen LogP contribution in [-0.4, -0.2) is 12.4 Å². The number of aromatic nitrogens is 1. The Bertz CT molecular complexity index is 1640. The molecule has 148 valence electrons. The Morgan fingerprint density at radius 3 is 2.30 bits per heavy atom. The van der Waals surface area contributed by atoms with Crippen LogP contribution >= 0.6 is 11.6 Å². The van der Waals surface area contributed by atoms with E-state index < -0.39 is 15.6 Å². The van der Waals surface area contributed by atoms with Gasteiger partial charge in [0.25, 0.3) is 15.6 Å². The maximum atomic E-state index is 13.5. The zero-order valence-electron chi connectivity index (χ0n) is 16.0. The van der Waals surface area contributed by atoms with Crippen LogP contribution in [0, 0.1) is 6.92 Å². The molecule has 0 amide bonds. The topological polar surface area (TPSA) is 56.1 Å². The van der Waals surface area contributed by atoms with Gasteiger partial charge in [0.15, 0.2) is 0 Å². The maximum Gasteiger partial charge on any atom is 0.272 e. The van der Waals surface area contributed by atoms with Crippen molar-refractivity contribution in [3.05, 3.63) is 99.8 Å². The van der Waals surface area contributed by atoms with Crippen LogP contribution in [-0.2, 0) is 10.0 Å². The Morgan fingerprint density at radius 2 is 1.53 bits per heavy atom. The molecule has 0 N–H and O–H groups in total. The summed E-state index contributed by atoms with van der Waals surface area (Å²) >= 11 is 6.27. The second-order valence-corrected chi connectivity index (χ2v) is 9.48. The predicted octanol–water partition coefficient (Wildman–Crippen LogP) is 5.51. The fourth-order valence-corrected chi connectivity index (χ4v) is 5.50. The van der Waals surface area contributed by atoms with Crippen molar-refractivity contribution in [1.29, 1.82) is 0 Å². The fourth-order valence-electron chi connectivity index (χ4n) is 3.90. The molecule has 1 aromatic heterocycles. The highest BCUT2D eigenvalue weighted by molar-refractivity contribution is 7.90. The minimum absolute atomic E-state index is 0.0617. The van der Waals surface area contributed by atoms with E-state index in [1.807, 2.05) is 37.3 Å². The molecule has 0 aliphatic carbocycles. The van der Waals surface area contributed by atoms with Crippen LogP contribution in [0.1, 0.15) is 5.56 Å². The van der Waals surface area contributed by atoms with E-state index in [1.54, 1.807) is 36.4 Å². The normalized spacial score (nSPS) is 12.1. The number of hydrogen-bond donors (Lipinski definition) is 0. The van der Waals surface area contributed by atoms with Gasteiger partial charge in [0.1, 0.15) is 0 Å². The summed E-state index contributed by atoms with van der Waals surface area (Å²) in [6.45, 7) is 1.88. The predicted molar refractivity (Wildman–Crippen MR) is 122 cm³/mol. The highest BCUT2D eigenvalue weighted by Crippen LogP contribution is 2.33. The molecule has 0 aliphatic rings. The van der Waals surface area contributed by atoms with E-state index in [4.69, 9.17) is 11.6 Å². The van der Waals surface area contributed by atoms with Crippen LogP contribution in [0.2, 0.25) is 5.02 Å². The molecule has 5 rings (SSSR count). The summed E-state index contributed by atoms with van der Waals surface area (Å²) in [6.07, 6.45) is 0. The fraction of sp³-hybridized carbons (Fsp3) is 0.0417. The summed E-state index contributed by atoms with van der Waals surface area (Å²) in [7, 11) is -4.11. The van der Waals surface area contributed by atoms with Crippen molar-refractivity contribution in [1.82, 2.24) is 3.97 Å². The molecule has 4 aromatic carbocycles. The first-order valence-electron chi connectivity index (χ1n) is 9.36. The number of hydrogen-bond acceptors (Lipinski definition) is 3. The van der Waals surface area contributed by atoms with E-state index in [2.05, 4.69) is 0 Å². The lowest BCUT2D eigenvalue weighted by molar-refractivity contribution is 0.587. The third-order valence-corrected chi connectivity index (χ3v) is 7.30. The number of halogens is 1. The molecule has 0 atom stereocenters. The summed E-state index contributed by atoms with van der Waals surface area (Å²) in [5.74, 6) is 0. The van der Waals surface area contributed by atoms with Crippen LogP contribution in [0.25, 0.3) is 32.4 Å². The molecule has 0 spiro atoms. The third-order valence-electron chi connectivity index (χ3n) is 5.35. The summed E-state index contributed by atoms with van der Waals surface area (Å²) < 4.78 is 27.9. The number of pyridine rings is 1. The van der Waals surface area contributed by atoms with Gasteiger partial charge in [-0.15, -0.1) is 0 Å². The molecule has 0 unspecified atom stereocenters. The van der Waals surface area contributed by atoms with Crippen LogP contribution in [0.3, 0.4) is 0 Å². The molecular weight excluding hydrogens is 418 g/mol. The largest absolute Gasteiger partial charge is 0.272 e. The van der Waals surface area contributed by atoms with Crippen LogP contribution in [0.5, 0.6) is 0 Å². The molecule has 0 saturated carbocycles. The third kappa shape index (κ3) is 2.74. The molecule has 30 heavy (non-hydrogen) atoms. The Kier molecular flexibility index (Phi) is 4.20. The number of fused-ring (bicyclic) bond motifs is 5. The van der Waals surface area contributed by atoms with Crippen molar-refractivity contribution in [2.75, 3.05) is 0 Å². The highest BCUT2D eigenvalue weighted by atomic mass is 35.5. The van der Waals surface area contributed by atoms with Gasteiger partial charge in [-0.25, -0.2) is 8.42 Å². The van der Waals surface area contributed by atoms with E-state index in [9.17, 15) is 13.2 Å². The molecule has 0 fully saturated rings. The Labute approximate surface area is 178 Å². The molecular formula is C24H16ClNO3S. The number of rotatable bonds is 2. The Balaban J connectivity index is 2.02. The molecule has 1 heterocycles. The highest BCUT2D eigenvalue weighted by Gasteiger charge is 2.24. The van der Waals surface area contributed by atoms with Crippen LogP contribution in [0.15, 0.2) is 88.6 Å². The molecule has 0 bridgehead atoms. The molecule has 0 radical (unpaired) electrons. The minimum Gasteiger partial charge on any atom is -0.268 e. The van der Waals surface area contributed by atoms with E-state index in [-0.39, 0.29) is 4.90 Å². The SMILES string of the molecule is Cc1ccc(S(=O)(=O)n2c(=O)c3ccc4ccccc4c3c3cc(Cl)ccc32)cc1. The van der Waals surface area contributed by atoms with Crippen molar-refractivity contribution in [2.45, 2.75) is 11.8 Å². The molecule has 0 aliphatic heterocycles. The molecule has 4 nitrogen and oxygen atoms in total. The van der Waals surface area contributed by atoms with Crippen molar-refractivity contribution < 1.29 is 8.42 Å². The maximum absolute atomic E-state index is 13.5. The van der Waals surface area contributed by atoms with Gasteiger partial charge in [-0.1, -0.05) is 59.6 Å². The lowest BCUT2D eigenvalue weighted by Gasteiger charge is -2.15. The lowest BCUT2D eigenvalue weighted by Crippen LogP contribution is -2.28. The molecule has 6 heteroatoms. The van der Waals surface area contributed by atoms with Gasteiger partial charge >= 0.3 is 0 Å². The zero-order chi connectivity index (χ0) is 21.0. The summed E-state index contributed by atoms with van der Waals surface area (Å²) in [4.78, 5) is 13.6. The first kappa shape index (κ1) is 18.9. The van der Waals surface area contributed by atoms with Crippen molar-refractivity contribution in [3.8, 4) is 0 Å². The van der Waals surface area contributed by atoms with Gasteiger partial charge in [-0.05, 0) is 54.1 Å². The Hall–Kier alpha value is -3.15. The first-order chi connectivity index (χ1) is 14.4.